The number of amides is 1. The Kier molecular flexibility index (Phi) is 4.24. The molecule has 0 radical (unpaired) electrons. The molecule has 3 nitrogen and oxygen atoms in total. The second kappa shape index (κ2) is 6.14. The molecule has 1 aliphatic carbocycles. The molecule has 1 saturated heterocycles. The first-order valence-electron chi connectivity index (χ1n) is 7.88. The molecule has 1 aliphatic heterocycles. The molecule has 1 N–H and O–H groups in total. The van der Waals surface area contributed by atoms with Crippen molar-refractivity contribution < 1.29 is 9.18 Å². The molecule has 3 atom stereocenters. The fourth-order valence-corrected chi connectivity index (χ4v) is 3.91. The maximum absolute atomic E-state index is 12.9. The van der Waals surface area contributed by atoms with Gasteiger partial charge in [0.2, 0.25) is 0 Å². The van der Waals surface area contributed by atoms with Crippen LogP contribution in [0.25, 0.3) is 0 Å². The first-order valence-corrected chi connectivity index (χ1v) is 7.88. The van der Waals surface area contributed by atoms with Gasteiger partial charge in [0.25, 0.3) is 5.91 Å². The van der Waals surface area contributed by atoms with E-state index in [9.17, 15) is 9.18 Å². The van der Waals surface area contributed by atoms with Crippen molar-refractivity contribution in [2.45, 2.75) is 31.7 Å². The number of nitrogens with zero attached hydrogens (tertiary/aromatic N) is 1. The number of piperidine rings is 1. The van der Waals surface area contributed by atoms with Crippen LogP contribution in [0, 0.1) is 17.7 Å². The van der Waals surface area contributed by atoms with Gasteiger partial charge in [0.1, 0.15) is 5.82 Å². The molecule has 4 heteroatoms. The van der Waals surface area contributed by atoms with E-state index < -0.39 is 0 Å². The molecule has 1 heterocycles. The van der Waals surface area contributed by atoms with Gasteiger partial charge in [-0.15, -0.1) is 0 Å². The number of hydrogen-bond donors (Lipinski definition) is 1. The van der Waals surface area contributed by atoms with Crippen LogP contribution in [0.1, 0.15) is 36.0 Å². The Morgan fingerprint density at radius 2 is 2.00 bits per heavy atom. The zero-order valence-corrected chi connectivity index (χ0v) is 12.5. The summed E-state index contributed by atoms with van der Waals surface area (Å²) in [7, 11) is 2.18. The second-order valence-electron chi connectivity index (χ2n) is 6.49. The Morgan fingerprint density at radius 1 is 1.24 bits per heavy atom. The molecule has 0 spiro atoms. The minimum Gasteiger partial charge on any atom is -0.349 e. The standard InChI is InChI=1S/C17H23FN2O/c1-20-10-9-15-13(11-20)3-2-4-16(15)19-17(21)12-5-7-14(18)8-6-12/h5-8,13,15-16H,2-4,9-11H2,1H3,(H,19,21)/t13-,15-,16-/m1/s1. The van der Waals surface area contributed by atoms with Crippen LogP contribution in [0.3, 0.4) is 0 Å². The lowest BCUT2D eigenvalue weighted by atomic mass is 9.72. The number of carbonyl (C=O) groups excluding carboxylic acids is 1. The van der Waals surface area contributed by atoms with Crippen molar-refractivity contribution in [3.8, 4) is 0 Å². The lowest BCUT2D eigenvalue weighted by molar-refractivity contribution is 0.0661. The van der Waals surface area contributed by atoms with Crippen molar-refractivity contribution in [2.75, 3.05) is 20.1 Å². The van der Waals surface area contributed by atoms with E-state index in [-0.39, 0.29) is 17.8 Å². The first-order chi connectivity index (χ1) is 10.1. The number of halogens is 1. The molecule has 1 amide bonds. The molecular weight excluding hydrogens is 267 g/mol. The molecule has 0 aromatic heterocycles. The summed E-state index contributed by atoms with van der Waals surface area (Å²) in [5.41, 5.74) is 0.548. The van der Waals surface area contributed by atoms with Crippen molar-refractivity contribution in [3.05, 3.63) is 35.6 Å². The summed E-state index contributed by atoms with van der Waals surface area (Å²) in [4.78, 5) is 14.7. The normalized spacial score (nSPS) is 29.7. The van der Waals surface area contributed by atoms with Crippen LogP contribution in [-0.2, 0) is 0 Å². The predicted octanol–water partition coefficient (Wildman–Crippen LogP) is 2.68. The summed E-state index contributed by atoms with van der Waals surface area (Å²) < 4.78 is 12.9. The van der Waals surface area contributed by atoms with E-state index in [1.807, 2.05) is 0 Å². The summed E-state index contributed by atoms with van der Waals surface area (Å²) in [6.07, 6.45) is 4.69. The number of rotatable bonds is 2. The Balaban J connectivity index is 1.66. The molecular formula is C17H23FN2O. The summed E-state index contributed by atoms with van der Waals surface area (Å²) >= 11 is 0. The molecule has 0 unspecified atom stereocenters. The van der Waals surface area contributed by atoms with Gasteiger partial charge in [0, 0.05) is 18.2 Å². The lowest BCUT2D eigenvalue weighted by Crippen LogP contribution is -2.51. The Morgan fingerprint density at radius 3 is 2.76 bits per heavy atom. The molecule has 1 aromatic carbocycles. The van der Waals surface area contributed by atoms with Crippen LogP contribution in [0.4, 0.5) is 4.39 Å². The zero-order valence-electron chi connectivity index (χ0n) is 12.5. The number of benzene rings is 1. The van der Waals surface area contributed by atoms with Gasteiger partial charge in [0.05, 0.1) is 0 Å². The monoisotopic (exact) mass is 290 g/mol. The maximum Gasteiger partial charge on any atom is 0.251 e. The Labute approximate surface area is 125 Å². The molecule has 1 aromatic rings. The molecule has 0 bridgehead atoms. The first kappa shape index (κ1) is 14.5. The van der Waals surface area contributed by atoms with E-state index in [0.717, 1.165) is 25.9 Å². The van der Waals surface area contributed by atoms with Gasteiger partial charge >= 0.3 is 0 Å². The van der Waals surface area contributed by atoms with Crippen LogP contribution < -0.4 is 5.32 Å². The number of nitrogens with one attached hydrogen (secondary N) is 1. The average Bonchev–Trinajstić information content (AvgIpc) is 2.47. The molecule has 2 fully saturated rings. The topological polar surface area (TPSA) is 32.3 Å². The van der Waals surface area contributed by atoms with Crippen LogP contribution in [0.15, 0.2) is 24.3 Å². The fourth-order valence-electron chi connectivity index (χ4n) is 3.91. The number of fused-ring (bicyclic) bond motifs is 1. The van der Waals surface area contributed by atoms with Crippen LogP contribution in [0.5, 0.6) is 0 Å². The maximum atomic E-state index is 12.9. The van der Waals surface area contributed by atoms with Crippen molar-refractivity contribution in [1.82, 2.24) is 10.2 Å². The van der Waals surface area contributed by atoms with Gasteiger partial charge in [-0.1, -0.05) is 6.42 Å². The summed E-state index contributed by atoms with van der Waals surface area (Å²) in [6, 6.07) is 6.07. The fraction of sp³-hybridized carbons (Fsp3) is 0.588. The van der Waals surface area contributed by atoms with E-state index in [1.54, 1.807) is 12.1 Å². The highest BCUT2D eigenvalue weighted by molar-refractivity contribution is 5.94. The lowest BCUT2D eigenvalue weighted by Gasteiger charge is -2.44. The molecule has 114 valence electrons. The van der Waals surface area contributed by atoms with E-state index in [1.165, 1.54) is 25.0 Å². The summed E-state index contributed by atoms with van der Waals surface area (Å²) in [6.45, 7) is 2.26. The summed E-state index contributed by atoms with van der Waals surface area (Å²) in [5, 5.41) is 3.19. The molecule has 3 rings (SSSR count). The average molecular weight is 290 g/mol. The smallest absolute Gasteiger partial charge is 0.251 e. The third-order valence-electron chi connectivity index (χ3n) is 5.03. The third-order valence-corrected chi connectivity index (χ3v) is 5.03. The van der Waals surface area contributed by atoms with Gasteiger partial charge in [-0.25, -0.2) is 4.39 Å². The Hall–Kier alpha value is -1.42. The highest BCUT2D eigenvalue weighted by Gasteiger charge is 2.37. The van der Waals surface area contributed by atoms with Crippen LogP contribution >= 0.6 is 0 Å². The van der Waals surface area contributed by atoms with E-state index in [4.69, 9.17) is 0 Å². The highest BCUT2D eigenvalue weighted by atomic mass is 19.1. The van der Waals surface area contributed by atoms with Gasteiger partial charge in [0.15, 0.2) is 0 Å². The number of carbonyl (C=O) groups is 1. The van der Waals surface area contributed by atoms with Gasteiger partial charge < -0.3 is 10.2 Å². The number of hydrogen-bond acceptors (Lipinski definition) is 2. The quantitative estimate of drug-likeness (QED) is 0.908. The van der Waals surface area contributed by atoms with E-state index >= 15 is 0 Å². The zero-order chi connectivity index (χ0) is 14.8. The molecule has 21 heavy (non-hydrogen) atoms. The van der Waals surface area contributed by atoms with Crippen molar-refractivity contribution in [1.29, 1.82) is 0 Å². The van der Waals surface area contributed by atoms with Crippen LogP contribution in [0.2, 0.25) is 0 Å². The van der Waals surface area contributed by atoms with Crippen LogP contribution in [-0.4, -0.2) is 37.0 Å². The molecule has 1 saturated carbocycles. The van der Waals surface area contributed by atoms with Crippen molar-refractivity contribution >= 4 is 5.91 Å². The highest BCUT2D eigenvalue weighted by Crippen LogP contribution is 2.36. The SMILES string of the molecule is CN1CC[C@@H]2[C@H](CCC[C@H]2NC(=O)c2ccc(F)cc2)C1. The van der Waals surface area contributed by atoms with Gasteiger partial charge in [-0.2, -0.15) is 0 Å². The minimum absolute atomic E-state index is 0.0698. The van der Waals surface area contributed by atoms with Crippen molar-refractivity contribution in [3.63, 3.8) is 0 Å². The Bertz CT molecular complexity index is 502. The number of likely N-dealkylation sites (tertiary alicyclic amines) is 1. The third kappa shape index (κ3) is 3.26. The largest absolute Gasteiger partial charge is 0.349 e. The predicted molar refractivity (Wildman–Crippen MR) is 80.6 cm³/mol. The second-order valence-corrected chi connectivity index (χ2v) is 6.49. The molecule has 2 aliphatic rings. The van der Waals surface area contributed by atoms with Gasteiger partial charge in [-0.3, -0.25) is 4.79 Å². The summed E-state index contributed by atoms with van der Waals surface area (Å²) in [5.74, 6) is 0.926. The van der Waals surface area contributed by atoms with Crippen molar-refractivity contribution in [2.24, 2.45) is 11.8 Å². The van der Waals surface area contributed by atoms with E-state index in [2.05, 4.69) is 17.3 Å². The van der Waals surface area contributed by atoms with E-state index in [0.29, 0.717) is 17.4 Å². The van der Waals surface area contributed by atoms with Gasteiger partial charge in [-0.05, 0) is 69.0 Å². The minimum atomic E-state index is -0.306.